The van der Waals surface area contributed by atoms with E-state index in [2.05, 4.69) is 5.10 Å². The summed E-state index contributed by atoms with van der Waals surface area (Å²) in [6.07, 6.45) is 1.50. The molecule has 1 aromatic heterocycles. The molecule has 1 amide bonds. The zero-order chi connectivity index (χ0) is 20.5. The van der Waals surface area contributed by atoms with Crippen molar-refractivity contribution in [1.82, 2.24) is 14.7 Å². The molecule has 7 heteroatoms. The summed E-state index contributed by atoms with van der Waals surface area (Å²) in [7, 11) is 0. The normalized spacial score (nSPS) is 18.2. The monoisotopic (exact) mass is 405 g/mol. The lowest BCUT2D eigenvalue weighted by molar-refractivity contribution is -0.0956. The van der Waals surface area contributed by atoms with Gasteiger partial charge in [0.2, 0.25) is 0 Å². The summed E-state index contributed by atoms with van der Waals surface area (Å²) in [5.74, 6) is 0.155. The minimum atomic E-state index is -0.234. The van der Waals surface area contributed by atoms with Crippen molar-refractivity contribution in [3.63, 3.8) is 0 Å². The van der Waals surface area contributed by atoms with Crippen molar-refractivity contribution in [2.75, 3.05) is 26.3 Å². The van der Waals surface area contributed by atoms with Crippen LogP contribution in [0, 0.1) is 5.92 Å². The summed E-state index contributed by atoms with van der Waals surface area (Å²) in [4.78, 5) is 28.3. The molecule has 0 unspecified atom stereocenters. The van der Waals surface area contributed by atoms with E-state index in [1.165, 1.54) is 4.68 Å². The Morgan fingerprint density at radius 2 is 1.53 bits per heavy atom. The molecule has 5 rings (SSSR count). The van der Waals surface area contributed by atoms with Gasteiger partial charge < -0.3 is 14.4 Å². The van der Waals surface area contributed by atoms with Crippen molar-refractivity contribution >= 4 is 16.7 Å². The average Bonchev–Trinajstić information content (AvgIpc) is 3.35. The van der Waals surface area contributed by atoms with E-state index in [4.69, 9.17) is 9.47 Å². The van der Waals surface area contributed by atoms with Gasteiger partial charge in [-0.05, 0) is 31.0 Å². The summed E-state index contributed by atoms with van der Waals surface area (Å²) < 4.78 is 12.6. The first kappa shape index (κ1) is 19.0. The molecule has 0 bridgehead atoms. The third kappa shape index (κ3) is 3.40. The molecule has 2 fully saturated rings. The van der Waals surface area contributed by atoms with E-state index in [1.54, 1.807) is 18.2 Å². The summed E-state index contributed by atoms with van der Waals surface area (Å²) in [5.41, 5.74) is 0.708. The molecule has 3 aromatic rings. The van der Waals surface area contributed by atoms with Crippen LogP contribution in [0.2, 0.25) is 0 Å². The van der Waals surface area contributed by atoms with Gasteiger partial charge in [0, 0.05) is 24.4 Å². The van der Waals surface area contributed by atoms with Crippen molar-refractivity contribution in [3.05, 3.63) is 70.6 Å². The first-order chi connectivity index (χ1) is 14.7. The van der Waals surface area contributed by atoms with E-state index in [0.717, 1.165) is 12.8 Å². The van der Waals surface area contributed by atoms with Crippen LogP contribution < -0.4 is 5.56 Å². The summed E-state index contributed by atoms with van der Waals surface area (Å²) in [6.45, 7) is 2.52. The Hall–Kier alpha value is -3.03. The fraction of sp³-hybridized carbons (Fsp3) is 0.348. The number of aromatic nitrogens is 2. The summed E-state index contributed by atoms with van der Waals surface area (Å²) in [6, 6.07) is 16.4. The van der Waals surface area contributed by atoms with Gasteiger partial charge >= 0.3 is 0 Å². The first-order valence-electron chi connectivity index (χ1n) is 10.3. The molecule has 154 valence electrons. The van der Waals surface area contributed by atoms with Gasteiger partial charge in [-0.2, -0.15) is 9.78 Å². The Labute approximate surface area is 173 Å². The van der Waals surface area contributed by atoms with Crippen LogP contribution in [0.15, 0.2) is 59.4 Å². The van der Waals surface area contributed by atoms with E-state index in [-0.39, 0.29) is 17.8 Å². The Morgan fingerprint density at radius 3 is 2.23 bits per heavy atom. The lowest BCUT2D eigenvalue weighted by atomic mass is 9.95. The van der Waals surface area contributed by atoms with E-state index >= 15 is 0 Å². The minimum absolute atomic E-state index is 0.150. The number of fused-ring (bicyclic) bond motifs is 1. The van der Waals surface area contributed by atoms with Crippen LogP contribution in [0.5, 0.6) is 0 Å². The molecule has 0 saturated carbocycles. The van der Waals surface area contributed by atoms with E-state index in [1.807, 2.05) is 41.3 Å². The van der Waals surface area contributed by atoms with Crippen molar-refractivity contribution in [2.24, 2.45) is 5.92 Å². The zero-order valence-electron chi connectivity index (χ0n) is 16.6. The molecule has 2 aromatic carbocycles. The zero-order valence-corrected chi connectivity index (χ0v) is 16.6. The smallest absolute Gasteiger partial charge is 0.279 e. The van der Waals surface area contributed by atoms with Gasteiger partial charge in [0.05, 0.1) is 24.3 Å². The van der Waals surface area contributed by atoms with Gasteiger partial charge in [-0.25, -0.2) is 0 Å². The quantitative estimate of drug-likeness (QED) is 0.670. The Bertz CT molecular complexity index is 1110. The molecule has 2 aliphatic heterocycles. The van der Waals surface area contributed by atoms with Crippen LogP contribution in [0.25, 0.3) is 16.5 Å². The number of benzene rings is 2. The molecular weight excluding hydrogens is 382 g/mol. The number of likely N-dealkylation sites (tertiary alicyclic amines) is 1. The van der Waals surface area contributed by atoms with Gasteiger partial charge in [0.15, 0.2) is 12.0 Å². The van der Waals surface area contributed by atoms with Crippen molar-refractivity contribution in [2.45, 2.75) is 19.1 Å². The molecule has 0 radical (unpaired) electrons. The molecule has 30 heavy (non-hydrogen) atoms. The first-order valence-corrected chi connectivity index (χ1v) is 10.3. The van der Waals surface area contributed by atoms with E-state index in [0.29, 0.717) is 54.4 Å². The molecule has 2 aliphatic rings. The maximum Gasteiger partial charge on any atom is 0.279 e. The number of hydrogen-bond acceptors (Lipinski definition) is 5. The van der Waals surface area contributed by atoms with Crippen LogP contribution in [-0.2, 0) is 9.47 Å². The van der Waals surface area contributed by atoms with Crippen LogP contribution >= 0.6 is 0 Å². The molecule has 2 saturated heterocycles. The molecule has 0 spiro atoms. The molecule has 3 heterocycles. The van der Waals surface area contributed by atoms with Crippen LogP contribution in [-0.4, -0.2) is 53.2 Å². The maximum absolute atomic E-state index is 13.4. The van der Waals surface area contributed by atoms with E-state index < -0.39 is 0 Å². The molecule has 7 nitrogen and oxygen atoms in total. The van der Waals surface area contributed by atoms with Gasteiger partial charge in [0.1, 0.15) is 0 Å². The highest BCUT2D eigenvalue weighted by Gasteiger charge is 2.33. The number of ether oxygens (including phenoxy) is 2. The number of carbonyl (C=O) groups is 1. The van der Waals surface area contributed by atoms with Crippen LogP contribution in [0.1, 0.15) is 23.3 Å². The second kappa shape index (κ2) is 8.01. The largest absolute Gasteiger partial charge is 0.350 e. The SMILES string of the molecule is O=C(c1nn(-c2ccccc2)c(=O)c2ccccc12)N1CCC(C2OCCO2)CC1. The maximum atomic E-state index is 13.4. The molecule has 0 aliphatic carbocycles. The van der Waals surface area contributed by atoms with Crippen LogP contribution in [0.3, 0.4) is 0 Å². The standard InChI is InChI=1S/C23H23N3O4/c27-21-19-9-5-4-8-18(19)20(24-26(21)17-6-2-1-3-7-17)22(28)25-12-10-16(11-13-25)23-29-14-15-30-23/h1-9,16,23H,10-15H2. The van der Waals surface area contributed by atoms with Crippen LogP contribution in [0.4, 0.5) is 0 Å². The number of para-hydroxylation sites is 1. The Balaban J connectivity index is 1.48. The van der Waals surface area contributed by atoms with Crippen molar-refractivity contribution in [1.29, 1.82) is 0 Å². The van der Waals surface area contributed by atoms with Crippen molar-refractivity contribution < 1.29 is 14.3 Å². The second-order valence-corrected chi connectivity index (χ2v) is 7.69. The third-order valence-electron chi connectivity index (χ3n) is 5.87. The van der Waals surface area contributed by atoms with Crippen molar-refractivity contribution in [3.8, 4) is 5.69 Å². The summed E-state index contributed by atoms with van der Waals surface area (Å²) in [5, 5.41) is 5.58. The van der Waals surface area contributed by atoms with Gasteiger partial charge in [-0.15, -0.1) is 0 Å². The Kier molecular flexibility index (Phi) is 5.06. The highest BCUT2D eigenvalue weighted by molar-refractivity contribution is 6.04. The highest BCUT2D eigenvalue weighted by atomic mass is 16.7. The number of amides is 1. The molecular formula is C23H23N3O4. The van der Waals surface area contributed by atoms with Gasteiger partial charge in [0.25, 0.3) is 11.5 Å². The summed E-state index contributed by atoms with van der Waals surface area (Å²) >= 11 is 0. The number of rotatable bonds is 3. The second-order valence-electron chi connectivity index (χ2n) is 7.69. The molecule has 0 atom stereocenters. The Morgan fingerprint density at radius 1 is 0.900 bits per heavy atom. The van der Waals surface area contributed by atoms with E-state index in [9.17, 15) is 9.59 Å². The topological polar surface area (TPSA) is 73.7 Å². The van der Waals surface area contributed by atoms with Gasteiger partial charge in [-0.1, -0.05) is 36.4 Å². The lowest BCUT2D eigenvalue weighted by Gasteiger charge is -2.33. The predicted octanol–water partition coefficient (Wildman–Crippen LogP) is 2.61. The highest BCUT2D eigenvalue weighted by Crippen LogP contribution is 2.27. The number of nitrogens with zero attached hydrogens (tertiary/aromatic N) is 3. The lowest BCUT2D eigenvalue weighted by Crippen LogP contribution is -2.42. The average molecular weight is 405 g/mol. The van der Waals surface area contributed by atoms with Gasteiger partial charge in [-0.3, -0.25) is 9.59 Å². The molecule has 0 N–H and O–H groups in total. The minimum Gasteiger partial charge on any atom is -0.350 e. The predicted molar refractivity (Wildman–Crippen MR) is 112 cm³/mol. The number of carbonyl (C=O) groups excluding carboxylic acids is 1. The third-order valence-corrected chi connectivity index (χ3v) is 5.87. The fourth-order valence-electron chi connectivity index (χ4n) is 4.26. The number of piperidine rings is 1. The number of hydrogen-bond donors (Lipinski definition) is 0. The fourth-order valence-corrected chi connectivity index (χ4v) is 4.26.